The van der Waals surface area contributed by atoms with Crippen molar-refractivity contribution in [1.82, 2.24) is 0 Å². The van der Waals surface area contributed by atoms with Crippen molar-refractivity contribution in [3.05, 3.63) is 89.5 Å². The number of halogens is 1. The molecular weight excluding hydrogens is 427 g/mol. The Hall–Kier alpha value is -1.87. The van der Waals surface area contributed by atoms with Gasteiger partial charge in [-0.2, -0.15) is 0 Å². The first kappa shape index (κ1) is 16.3. The predicted molar refractivity (Wildman–Crippen MR) is 121 cm³/mol. The molecule has 2 aliphatic carbocycles. The smallest absolute Gasteiger partial charge is 0.0330 e. The summed E-state index contributed by atoms with van der Waals surface area (Å²) in [6, 6.07) is 22.4. The van der Waals surface area contributed by atoms with Gasteiger partial charge < -0.3 is 0 Å². The quantitative estimate of drug-likeness (QED) is 0.270. The lowest BCUT2D eigenvalue weighted by Crippen LogP contribution is -2.17. The van der Waals surface area contributed by atoms with Crippen molar-refractivity contribution in [2.45, 2.75) is 29.6 Å². The van der Waals surface area contributed by atoms with E-state index in [2.05, 4.69) is 109 Å². The number of hydrogen-bond acceptors (Lipinski definition) is 0. The molecule has 0 aromatic heterocycles. The van der Waals surface area contributed by atoms with Gasteiger partial charge in [0.05, 0.1) is 0 Å². The second-order valence-corrected chi connectivity index (χ2v) is 9.46. The summed E-state index contributed by atoms with van der Waals surface area (Å²) in [6.07, 6.45) is 6.06. The Morgan fingerprint density at radius 1 is 0.923 bits per heavy atom. The van der Waals surface area contributed by atoms with Crippen LogP contribution in [0.4, 0.5) is 0 Å². The summed E-state index contributed by atoms with van der Waals surface area (Å²) in [5.74, 6) is 0. The molecule has 0 radical (unpaired) electrons. The van der Waals surface area contributed by atoms with Crippen LogP contribution in [0.5, 0.6) is 0 Å². The number of hydrogen-bond donors (Lipinski definition) is 0. The minimum absolute atomic E-state index is 0.0750. The maximum Gasteiger partial charge on any atom is 0.0330 e. The molecule has 0 nitrogen and oxygen atoms in total. The fourth-order valence-corrected chi connectivity index (χ4v) is 5.18. The predicted octanol–water partition coefficient (Wildman–Crippen LogP) is 7.32. The zero-order chi connectivity index (χ0) is 17.9. The van der Waals surface area contributed by atoms with Crippen LogP contribution in [-0.2, 0) is 5.41 Å². The lowest BCUT2D eigenvalue weighted by atomic mass is 9.80. The first-order valence-corrected chi connectivity index (χ1v) is 10.5. The van der Waals surface area contributed by atoms with Gasteiger partial charge in [0.2, 0.25) is 0 Å². The SMILES string of the molecule is CC1(C)C2=CC(I)CC=C2c2ccc(-c3cccc4ccccc34)cc21. The topological polar surface area (TPSA) is 0 Å². The van der Waals surface area contributed by atoms with Crippen molar-refractivity contribution < 1.29 is 0 Å². The van der Waals surface area contributed by atoms with Gasteiger partial charge in [0.1, 0.15) is 0 Å². The molecule has 3 aromatic rings. The standard InChI is InChI=1S/C25H21I/c1-25(2)23-14-17(20-9-5-7-16-6-3-4-8-19(16)20)10-12-21(23)22-13-11-18(26)15-24(22)25/h3-10,12-15,18H,11H2,1-2H3. The van der Waals surface area contributed by atoms with Gasteiger partial charge >= 0.3 is 0 Å². The third-order valence-corrected chi connectivity index (χ3v) is 6.81. The minimum Gasteiger partial charge on any atom is -0.0777 e. The summed E-state index contributed by atoms with van der Waals surface area (Å²) in [5, 5.41) is 2.63. The van der Waals surface area contributed by atoms with Crippen molar-refractivity contribution >= 4 is 38.9 Å². The molecule has 1 unspecified atom stereocenters. The van der Waals surface area contributed by atoms with Gasteiger partial charge in [0.25, 0.3) is 0 Å². The Kier molecular flexibility index (Phi) is 3.65. The molecule has 1 heteroatoms. The summed E-state index contributed by atoms with van der Waals surface area (Å²) >= 11 is 2.55. The first-order valence-electron chi connectivity index (χ1n) is 9.25. The highest BCUT2D eigenvalue weighted by Crippen LogP contribution is 2.52. The van der Waals surface area contributed by atoms with Crippen LogP contribution in [0, 0.1) is 0 Å². The summed E-state index contributed by atoms with van der Waals surface area (Å²) < 4.78 is 0.609. The molecule has 3 aromatic carbocycles. The maximum absolute atomic E-state index is 2.55. The zero-order valence-corrected chi connectivity index (χ0v) is 17.2. The van der Waals surface area contributed by atoms with Crippen molar-refractivity contribution in [2.24, 2.45) is 0 Å². The van der Waals surface area contributed by atoms with Gasteiger partial charge in [0, 0.05) is 9.34 Å². The second-order valence-electron chi connectivity index (χ2n) is 7.86. The number of rotatable bonds is 1. The molecule has 0 fully saturated rings. The molecule has 0 aliphatic heterocycles. The lowest BCUT2D eigenvalue weighted by molar-refractivity contribution is 0.656. The molecule has 0 amide bonds. The summed E-state index contributed by atoms with van der Waals surface area (Å²) in [5.41, 5.74) is 8.58. The molecule has 0 spiro atoms. The van der Waals surface area contributed by atoms with E-state index >= 15 is 0 Å². The van der Waals surface area contributed by atoms with E-state index < -0.39 is 0 Å². The molecular formula is C25H21I. The summed E-state index contributed by atoms with van der Waals surface area (Å²) in [7, 11) is 0. The Labute approximate surface area is 168 Å². The third-order valence-electron chi connectivity index (χ3n) is 5.94. The molecule has 5 rings (SSSR count). The normalized spacial score (nSPS) is 20.3. The highest BCUT2D eigenvalue weighted by molar-refractivity contribution is 14.1. The van der Waals surface area contributed by atoms with Crippen LogP contribution in [0.1, 0.15) is 31.4 Å². The van der Waals surface area contributed by atoms with Crippen molar-refractivity contribution in [3.63, 3.8) is 0 Å². The molecule has 2 aliphatic rings. The summed E-state index contributed by atoms with van der Waals surface area (Å²) in [4.78, 5) is 0. The van der Waals surface area contributed by atoms with Gasteiger partial charge in [-0.05, 0) is 56.7 Å². The molecule has 128 valence electrons. The van der Waals surface area contributed by atoms with E-state index in [0.29, 0.717) is 3.92 Å². The maximum atomic E-state index is 2.55. The van der Waals surface area contributed by atoms with Gasteiger partial charge in [0.15, 0.2) is 0 Å². The number of benzene rings is 3. The van der Waals surface area contributed by atoms with Crippen molar-refractivity contribution in [1.29, 1.82) is 0 Å². The molecule has 0 saturated carbocycles. The fourth-order valence-electron chi connectivity index (χ4n) is 4.57. The van der Waals surface area contributed by atoms with Crippen LogP contribution in [0.3, 0.4) is 0 Å². The van der Waals surface area contributed by atoms with Crippen LogP contribution in [-0.4, -0.2) is 3.92 Å². The Balaban J connectivity index is 1.73. The van der Waals surface area contributed by atoms with Crippen LogP contribution in [0.25, 0.3) is 27.5 Å². The highest BCUT2D eigenvalue weighted by Gasteiger charge is 2.39. The van der Waals surface area contributed by atoms with Gasteiger partial charge in [-0.3, -0.25) is 0 Å². The Morgan fingerprint density at radius 3 is 2.62 bits per heavy atom. The molecule has 0 heterocycles. The number of fused-ring (bicyclic) bond motifs is 4. The first-order chi connectivity index (χ1) is 12.6. The third kappa shape index (κ3) is 2.33. The van der Waals surface area contributed by atoms with E-state index in [9.17, 15) is 0 Å². The fraction of sp³-hybridized carbons (Fsp3) is 0.200. The van der Waals surface area contributed by atoms with Gasteiger partial charge in [-0.25, -0.2) is 0 Å². The Morgan fingerprint density at radius 2 is 1.73 bits per heavy atom. The average molecular weight is 448 g/mol. The van der Waals surface area contributed by atoms with Crippen molar-refractivity contribution in [3.8, 4) is 11.1 Å². The Bertz CT molecular complexity index is 1090. The molecule has 1 atom stereocenters. The second kappa shape index (κ2) is 5.82. The van der Waals surface area contributed by atoms with E-state index in [1.807, 2.05) is 0 Å². The molecule has 0 saturated heterocycles. The van der Waals surface area contributed by atoms with E-state index in [4.69, 9.17) is 0 Å². The van der Waals surface area contributed by atoms with Crippen LogP contribution in [0.15, 0.2) is 78.4 Å². The van der Waals surface area contributed by atoms with Crippen molar-refractivity contribution in [2.75, 3.05) is 0 Å². The van der Waals surface area contributed by atoms with Crippen LogP contribution >= 0.6 is 22.6 Å². The molecule has 26 heavy (non-hydrogen) atoms. The number of alkyl halides is 1. The van der Waals surface area contributed by atoms with Gasteiger partial charge in [-0.1, -0.05) is 103 Å². The summed E-state index contributed by atoms with van der Waals surface area (Å²) in [6.45, 7) is 4.75. The average Bonchev–Trinajstić information content (AvgIpc) is 2.88. The number of allylic oxidation sites excluding steroid dienone is 4. The van der Waals surface area contributed by atoms with Crippen LogP contribution < -0.4 is 0 Å². The monoisotopic (exact) mass is 448 g/mol. The largest absolute Gasteiger partial charge is 0.0777 e. The lowest BCUT2D eigenvalue weighted by Gasteiger charge is -2.25. The minimum atomic E-state index is 0.0750. The highest BCUT2D eigenvalue weighted by atomic mass is 127. The van der Waals surface area contributed by atoms with E-state index in [-0.39, 0.29) is 5.41 Å². The molecule has 0 N–H and O–H groups in total. The van der Waals surface area contributed by atoms with E-state index in [0.717, 1.165) is 6.42 Å². The van der Waals surface area contributed by atoms with Gasteiger partial charge in [-0.15, -0.1) is 0 Å². The van der Waals surface area contributed by atoms with E-state index in [1.165, 1.54) is 44.2 Å². The van der Waals surface area contributed by atoms with Crippen LogP contribution in [0.2, 0.25) is 0 Å². The van der Waals surface area contributed by atoms with E-state index in [1.54, 1.807) is 0 Å². The molecule has 0 bridgehead atoms. The zero-order valence-electron chi connectivity index (χ0n) is 15.1.